The van der Waals surface area contributed by atoms with E-state index < -0.39 is 27.7 Å². The van der Waals surface area contributed by atoms with Crippen LogP contribution in [0.1, 0.15) is 6.42 Å². The molecule has 0 radical (unpaired) electrons. The van der Waals surface area contributed by atoms with E-state index in [0.29, 0.717) is 5.69 Å². The first kappa shape index (κ1) is 17.8. The number of alkyl halides is 1. The Labute approximate surface area is 143 Å². The van der Waals surface area contributed by atoms with Crippen molar-refractivity contribution in [2.45, 2.75) is 17.5 Å². The molecule has 7 nitrogen and oxygen atoms in total. The number of ether oxygens (including phenoxy) is 1. The highest BCUT2D eigenvalue weighted by atomic mass is 35.5. The molecule has 1 N–H and O–H groups in total. The first-order valence-corrected chi connectivity index (χ1v) is 7.46. The molecule has 1 aliphatic rings. The molecule has 0 saturated carbocycles. The lowest BCUT2D eigenvalue weighted by molar-refractivity contribution is -0.610. The topological polar surface area (TPSA) is 98.5 Å². The van der Waals surface area contributed by atoms with Crippen molar-refractivity contribution in [1.82, 2.24) is 0 Å². The lowest BCUT2D eigenvalue weighted by Gasteiger charge is -2.22. The standard InChI is InChI=1S/C16H15ClN2O5/c1-24-16(19(22)23)9-7-11(8-10-16)14(20)13(17)15(21)18-12-5-3-2-4-6-12/h2-9,13H,10H2,1H3,(H,18,21)/t13-,16+/m0/s1. The van der Waals surface area contributed by atoms with E-state index in [2.05, 4.69) is 5.32 Å². The molecule has 1 aliphatic carbocycles. The number of ketones is 1. The molecule has 1 aromatic carbocycles. The molecule has 0 heterocycles. The third-order valence-corrected chi connectivity index (χ3v) is 3.98. The number of nitrogens with zero attached hydrogens (tertiary/aromatic N) is 1. The van der Waals surface area contributed by atoms with Gasteiger partial charge in [0.05, 0.1) is 11.3 Å². The first-order valence-electron chi connectivity index (χ1n) is 7.03. The van der Waals surface area contributed by atoms with Crippen LogP contribution in [0.25, 0.3) is 0 Å². The SMILES string of the molecule is CO[C@]1([N+](=O)[O-])C=CC(C(=O)[C@H](Cl)C(=O)Nc2ccccc2)=CC1. The molecular weight excluding hydrogens is 336 g/mol. The number of carbonyl (C=O) groups excluding carboxylic acids is 2. The van der Waals surface area contributed by atoms with Crippen LogP contribution in [0.3, 0.4) is 0 Å². The Kier molecular flexibility index (Phi) is 5.48. The summed E-state index contributed by atoms with van der Waals surface area (Å²) >= 11 is 5.93. The van der Waals surface area contributed by atoms with Crippen LogP contribution in [0.2, 0.25) is 0 Å². The summed E-state index contributed by atoms with van der Waals surface area (Å²) < 4.78 is 4.90. The summed E-state index contributed by atoms with van der Waals surface area (Å²) in [5.41, 5.74) is -1.05. The Bertz CT molecular complexity index is 716. The monoisotopic (exact) mass is 350 g/mol. The molecule has 0 aromatic heterocycles. The average molecular weight is 351 g/mol. The van der Waals surface area contributed by atoms with Crippen LogP contribution in [-0.4, -0.2) is 34.8 Å². The minimum absolute atomic E-state index is 0.127. The fraction of sp³-hybridized carbons (Fsp3) is 0.250. The third kappa shape index (κ3) is 3.69. The molecule has 24 heavy (non-hydrogen) atoms. The van der Waals surface area contributed by atoms with Crippen LogP contribution >= 0.6 is 11.6 Å². The summed E-state index contributed by atoms with van der Waals surface area (Å²) in [5.74, 6) is -1.30. The maximum atomic E-state index is 12.3. The van der Waals surface area contributed by atoms with E-state index >= 15 is 0 Å². The Hall–Kier alpha value is -2.51. The maximum absolute atomic E-state index is 12.3. The summed E-state index contributed by atoms with van der Waals surface area (Å²) in [4.78, 5) is 34.8. The van der Waals surface area contributed by atoms with Gasteiger partial charge < -0.3 is 10.1 Å². The molecule has 8 heteroatoms. The number of hydrogen-bond donors (Lipinski definition) is 1. The van der Waals surface area contributed by atoms with Crippen molar-refractivity contribution in [3.63, 3.8) is 0 Å². The predicted molar refractivity (Wildman–Crippen MR) is 88.3 cm³/mol. The lowest BCUT2D eigenvalue weighted by atomic mass is 9.96. The number of benzene rings is 1. The smallest absolute Gasteiger partial charge is 0.324 e. The molecule has 1 amide bonds. The van der Waals surface area contributed by atoms with E-state index in [4.69, 9.17) is 16.3 Å². The van der Waals surface area contributed by atoms with E-state index in [-0.39, 0.29) is 12.0 Å². The molecule has 126 valence electrons. The van der Waals surface area contributed by atoms with Crippen molar-refractivity contribution in [2.75, 3.05) is 12.4 Å². The molecule has 2 atom stereocenters. The van der Waals surface area contributed by atoms with Crippen molar-refractivity contribution in [3.05, 3.63) is 64.2 Å². The molecule has 0 bridgehead atoms. The normalized spacial score (nSPS) is 20.8. The Morgan fingerprint density at radius 1 is 1.38 bits per heavy atom. The largest absolute Gasteiger partial charge is 0.348 e. The van der Waals surface area contributed by atoms with Gasteiger partial charge in [0.1, 0.15) is 0 Å². The van der Waals surface area contributed by atoms with Gasteiger partial charge in [-0.25, -0.2) is 0 Å². The van der Waals surface area contributed by atoms with Crippen LogP contribution in [-0.2, 0) is 14.3 Å². The van der Waals surface area contributed by atoms with Crippen LogP contribution in [0, 0.1) is 10.1 Å². The van der Waals surface area contributed by atoms with Gasteiger partial charge in [0.15, 0.2) is 11.2 Å². The minimum Gasteiger partial charge on any atom is -0.324 e. The van der Waals surface area contributed by atoms with Crippen molar-refractivity contribution in [2.24, 2.45) is 0 Å². The number of nitro groups is 1. The number of amides is 1. The number of rotatable bonds is 6. The molecular formula is C16H15ClN2O5. The zero-order valence-electron chi connectivity index (χ0n) is 12.8. The number of methoxy groups -OCH3 is 1. The molecule has 1 aromatic rings. The zero-order valence-corrected chi connectivity index (χ0v) is 13.5. The van der Waals surface area contributed by atoms with Gasteiger partial charge in [-0.15, -0.1) is 11.6 Å². The van der Waals surface area contributed by atoms with Crippen molar-refractivity contribution >= 4 is 29.0 Å². The van der Waals surface area contributed by atoms with Crippen LogP contribution in [0.15, 0.2) is 54.1 Å². The summed E-state index contributed by atoms with van der Waals surface area (Å²) in [7, 11) is 1.21. The number of halogens is 1. The second kappa shape index (κ2) is 7.37. The zero-order chi connectivity index (χ0) is 17.7. The Morgan fingerprint density at radius 3 is 2.54 bits per heavy atom. The molecule has 0 aliphatic heterocycles. The van der Waals surface area contributed by atoms with E-state index in [0.717, 1.165) is 0 Å². The Balaban J connectivity index is 2.05. The highest BCUT2D eigenvalue weighted by molar-refractivity contribution is 6.45. The van der Waals surface area contributed by atoms with Crippen molar-refractivity contribution in [3.8, 4) is 0 Å². The number of hydrogen-bond acceptors (Lipinski definition) is 5. The second-order valence-corrected chi connectivity index (χ2v) is 5.52. The highest BCUT2D eigenvalue weighted by Gasteiger charge is 2.42. The van der Waals surface area contributed by atoms with E-state index in [1.165, 1.54) is 25.3 Å². The Morgan fingerprint density at radius 2 is 2.04 bits per heavy atom. The van der Waals surface area contributed by atoms with E-state index in [1.807, 2.05) is 0 Å². The number of allylic oxidation sites excluding steroid dienone is 2. The van der Waals surface area contributed by atoms with Gasteiger partial charge in [-0.3, -0.25) is 19.7 Å². The fourth-order valence-corrected chi connectivity index (χ4v) is 2.33. The first-order chi connectivity index (χ1) is 11.4. The van der Waals surface area contributed by atoms with Crippen molar-refractivity contribution < 1.29 is 19.2 Å². The maximum Gasteiger partial charge on any atom is 0.348 e. The van der Waals surface area contributed by atoms with Gasteiger partial charge in [-0.05, 0) is 18.2 Å². The lowest BCUT2D eigenvalue weighted by Crippen LogP contribution is -2.40. The van der Waals surface area contributed by atoms with Gasteiger partial charge in [0.2, 0.25) is 5.91 Å². The third-order valence-electron chi connectivity index (χ3n) is 3.59. The van der Waals surface area contributed by atoms with Gasteiger partial charge in [0.25, 0.3) is 0 Å². The number of Topliss-reactive ketones (excluding diaryl/α,β-unsaturated/α-hetero) is 1. The van der Waals surface area contributed by atoms with E-state index in [1.54, 1.807) is 30.3 Å². The predicted octanol–water partition coefficient (Wildman–Crippen LogP) is 2.31. The molecule has 0 fully saturated rings. The van der Waals surface area contributed by atoms with Gasteiger partial charge in [-0.2, -0.15) is 0 Å². The molecule has 0 spiro atoms. The molecule has 0 saturated heterocycles. The number of carbonyl (C=O) groups is 2. The molecule has 0 unspecified atom stereocenters. The van der Waals surface area contributed by atoms with Crippen molar-refractivity contribution in [1.29, 1.82) is 0 Å². The average Bonchev–Trinajstić information content (AvgIpc) is 2.61. The minimum atomic E-state index is -1.70. The van der Waals surface area contributed by atoms with Gasteiger partial charge in [-0.1, -0.05) is 24.3 Å². The van der Waals surface area contributed by atoms with Crippen LogP contribution in [0.4, 0.5) is 5.69 Å². The van der Waals surface area contributed by atoms with Gasteiger partial charge >= 0.3 is 5.72 Å². The summed E-state index contributed by atoms with van der Waals surface area (Å²) in [6.07, 6.45) is 3.65. The quantitative estimate of drug-likeness (QED) is 0.279. The van der Waals surface area contributed by atoms with Crippen LogP contribution in [0.5, 0.6) is 0 Å². The second-order valence-electron chi connectivity index (χ2n) is 5.09. The van der Waals surface area contributed by atoms with Crippen LogP contribution < -0.4 is 5.32 Å². The molecule has 2 rings (SSSR count). The highest BCUT2D eigenvalue weighted by Crippen LogP contribution is 2.26. The van der Waals surface area contributed by atoms with E-state index in [9.17, 15) is 19.7 Å². The summed E-state index contributed by atoms with van der Waals surface area (Å²) in [5, 5.41) is 12.1. The van der Waals surface area contributed by atoms with Gasteiger partial charge in [0, 0.05) is 24.4 Å². The summed E-state index contributed by atoms with van der Waals surface area (Å²) in [6.45, 7) is 0. The number of anilines is 1. The number of para-hydroxylation sites is 1. The fourth-order valence-electron chi connectivity index (χ4n) is 2.15. The summed E-state index contributed by atoms with van der Waals surface area (Å²) in [6, 6.07) is 8.57. The number of nitrogens with one attached hydrogen (secondary N) is 1.